The Bertz CT molecular complexity index is 496. The predicted octanol–water partition coefficient (Wildman–Crippen LogP) is 3.49. The maximum Gasteiger partial charge on any atom is 0.0660 e. The van der Waals surface area contributed by atoms with Gasteiger partial charge in [-0.2, -0.15) is 0 Å². The Morgan fingerprint density at radius 3 is 2.89 bits per heavy atom. The van der Waals surface area contributed by atoms with E-state index in [9.17, 15) is 0 Å². The van der Waals surface area contributed by atoms with Crippen LogP contribution in [0.15, 0.2) is 48.7 Å². The first kappa shape index (κ1) is 11.4. The highest BCUT2D eigenvalue weighted by atomic mass is 16.5. The van der Waals surface area contributed by atoms with E-state index in [0.29, 0.717) is 5.92 Å². The van der Waals surface area contributed by atoms with E-state index in [1.807, 2.05) is 6.20 Å². The molecule has 2 nitrogen and oxygen atoms in total. The Balaban J connectivity index is 1.78. The lowest BCUT2D eigenvalue weighted by molar-refractivity contribution is 0.161. The normalized spacial score (nSPS) is 22.9. The number of nitrogens with zero attached hydrogens (tertiary/aromatic N) is 1. The second-order valence-electron chi connectivity index (χ2n) is 4.69. The molecule has 1 atom stereocenters. The molecule has 3 rings (SSSR count). The van der Waals surface area contributed by atoms with Crippen LogP contribution in [0.2, 0.25) is 0 Å². The molecule has 0 spiro atoms. The van der Waals surface area contributed by atoms with E-state index in [0.717, 1.165) is 31.7 Å². The van der Waals surface area contributed by atoms with E-state index in [2.05, 4.69) is 47.5 Å². The molecule has 0 aromatic carbocycles. The first-order chi connectivity index (χ1) is 8.93. The summed E-state index contributed by atoms with van der Waals surface area (Å²) in [4.78, 5) is 4.60. The van der Waals surface area contributed by atoms with Gasteiger partial charge in [-0.3, -0.25) is 4.98 Å². The molecular formula is C16H17NO. The minimum Gasteiger partial charge on any atom is -0.377 e. The number of ether oxygens (including phenoxy) is 1. The number of hydrogen-bond acceptors (Lipinski definition) is 2. The second-order valence-corrected chi connectivity index (χ2v) is 4.69. The summed E-state index contributed by atoms with van der Waals surface area (Å²) < 4.78 is 5.32. The number of pyridine rings is 1. The molecule has 0 fully saturated rings. The Morgan fingerprint density at radius 2 is 2.22 bits per heavy atom. The van der Waals surface area contributed by atoms with Crippen molar-refractivity contribution in [3.05, 3.63) is 60.0 Å². The summed E-state index contributed by atoms with van der Waals surface area (Å²) in [5.41, 5.74) is 3.70. The van der Waals surface area contributed by atoms with Gasteiger partial charge in [-0.05, 0) is 30.0 Å². The van der Waals surface area contributed by atoms with Crippen LogP contribution in [0.1, 0.15) is 30.0 Å². The molecule has 18 heavy (non-hydrogen) atoms. The van der Waals surface area contributed by atoms with Crippen LogP contribution < -0.4 is 0 Å². The summed E-state index contributed by atoms with van der Waals surface area (Å²) >= 11 is 0. The highest BCUT2D eigenvalue weighted by molar-refractivity contribution is 5.63. The van der Waals surface area contributed by atoms with Gasteiger partial charge in [0.15, 0.2) is 0 Å². The summed E-state index contributed by atoms with van der Waals surface area (Å²) in [6, 6.07) is 4.34. The average Bonchev–Trinajstić information content (AvgIpc) is 2.49. The average molecular weight is 239 g/mol. The Kier molecular flexibility index (Phi) is 3.37. The van der Waals surface area contributed by atoms with Crippen molar-refractivity contribution in [2.75, 3.05) is 13.2 Å². The number of aromatic nitrogens is 1. The summed E-state index contributed by atoms with van der Waals surface area (Å²) in [6.07, 6.45) is 14.9. The molecule has 0 radical (unpaired) electrons. The van der Waals surface area contributed by atoms with Crippen molar-refractivity contribution in [2.45, 2.75) is 18.8 Å². The molecule has 0 amide bonds. The molecule has 1 aromatic heterocycles. The molecule has 0 N–H and O–H groups in total. The molecular weight excluding hydrogens is 222 g/mol. The van der Waals surface area contributed by atoms with Gasteiger partial charge in [0.05, 0.1) is 18.9 Å². The van der Waals surface area contributed by atoms with E-state index >= 15 is 0 Å². The van der Waals surface area contributed by atoms with E-state index < -0.39 is 0 Å². The van der Waals surface area contributed by atoms with Crippen molar-refractivity contribution in [3.63, 3.8) is 0 Å². The lowest BCUT2D eigenvalue weighted by atomic mass is 9.93. The minimum absolute atomic E-state index is 0.486. The van der Waals surface area contributed by atoms with Gasteiger partial charge in [0.25, 0.3) is 0 Å². The third kappa shape index (κ3) is 2.44. The van der Waals surface area contributed by atoms with Gasteiger partial charge in [-0.15, -0.1) is 0 Å². The second kappa shape index (κ2) is 5.32. The topological polar surface area (TPSA) is 22.1 Å². The molecule has 1 unspecified atom stereocenters. The molecule has 2 heterocycles. The maximum atomic E-state index is 5.32. The van der Waals surface area contributed by atoms with Crippen LogP contribution in [0.3, 0.4) is 0 Å². The van der Waals surface area contributed by atoms with E-state index in [1.165, 1.54) is 11.1 Å². The SMILES string of the molecule is C1=CCC(c2ccc(C3=CCOCC3)nc2)C=C1. The van der Waals surface area contributed by atoms with Gasteiger partial charge in [0, 0.05) is 12.1 Å². The largest absolute Gasteiger partial charge is 0.377 e. The number of rotatable bonds is 2. The number of hydrogen-bond donors (Lipinski definition) is 0. The van der Waals surface area contributed by atoms with Crippen LogP contribution in [-0.2, 0) is 4.74 Å². The summed E-state index contributed by atoms with van der Waals surface area (Å²) in [6.45, 7) is 1.53. The van der Waals surface area contributed by atoms with E-state index in [-0.39, 0.29) is 0 Å². The van der Waals surface area contributed by atoms with E-state index in [1.54, 1.807) is 0 Å². The van der Waals surface area contributed by atoms with Gasteiger partial charge >= 0.3 is 0 Å². The third-order valence-corrected chi connectivity index (χ3v) is 3.49. The van der Waals surface area contributed by atoms with Gasteiger partial charge in [0.2, 0.25) is 0 Å². The van der Waals surface area contributed by atoms with Gasteiger partial charge in [0.1, 0.15) is 0 Å². The smallest absolute Gasteiger partial charge is 0.0660 e. The zero-order valence-electron chi connectivity index (χ0n) is 10.4. The Labute approximate surface area is 108 Å². The van der Waals surface area contributed by atoms with Gasteiger partial charge < -0.3 is 4.74 Å². The summed E-state index contributed by atoms with van der Waals surface area (Å²) in [5.74, 6) is 0.486. The standard InChI is InChI=1S/C16H17NO/c1-2-4-13(5-3-1)15-6-7-16(17-12-15)14-8-10-18-11-9-14/h1-4,6-8,12-13H,5,9-11H2. The molecule has 1 aliphatic heterocycles. The third-order valence-electron chi connectivity index (χ3n) is 3.49. The molecule has 0 bridgehead atoms. The van der Waals surface area contributed by atoms with Crippen LogP contribution in [0.5, 0.6) is 0 Å². The predicted molar refractivity (Wildman–Crippen MR) is 73.3 cm³/mol. The highest BCUT2D eigenvalue weighted by Crippen LogP contribution is 2.26. The summed E-state index contributed by atoms with van der Waals surface area (Å²) in [7, 11) is 0. The van der Waals surface area contributed by atoms with E-state index in [4.69, 9.17) is 4.74 Å². The summed E-state index contributed by atoms with van der Waals surface area (Å²) in [5, 5.41) is 0. The fourth-order valence-corrected chi connectivity index (χ4v) is 2.40. The Hall–Kier alpha value is -1.67. The minimum atomic E-state index is 0.486. The van der Waals surface area contributed by atoms with Crippen LogP contribution in [0.25, 0.3) is 5.57 Å². The lowest BCUT2D eigenvalue weighted by Gasteiger charge is -2.15. The van der Waals surface area contributed by atoms with Crippen molar-refractivity contribution < 1.29 is 4.74 Å². The zero-order chi connectivity index (χ0) is 12.2. The molecule has 0 saturated carbocycles. The van der Waals surface area contributed by atoms with Crippen molar-refractivity contribution >= 4 is 5.57 Å². The first-order valence-electron chi connectivity index (χ1n) is 6.50. The first-order valence-corrected chi connectivity index (χ1v) is 6.50. The van der Waals surface area contributed by atoms with Crippen LogP contribution in [-0.4, -0.2) is 18.2 Å². The molecule has 2 aliphatic rings. The molecule has 2 heteroatoms. The van der Waals surface area contributed by atoms with Crippen molar-refractivity contribution in [1.29, 1.82) is 0 Å². The van der Waals surface area contributed by atoms with Crippen LogP contribution in [0.4, 0.5) is 0 Å². The molecule has 1 aromatic rings. The van der Waals surface area contributed by atoms with Crippen molar-refractivity contribution in [2.24, 2.45) is 0 Å². The van der Waals surface area contributed by atoms with Gasteiger partial charge in [-0.25, -0.2) is 0 Å². The quantitative estimate of drug-likeness (QED) is 0.788. The van der Waals surface area contributed by atoms with Crippen LogP contribution in [0, 0.1) is 0 Å². The van der Waals surface area contributed by atoms with Crippen molar-refractivity contribution in [1.82, 2.24) is 4.98 Å². The fraction of sp³-hybridized carbons (Fsp3) is 0.312. The monoisotopic (exact) mass is 239 g/mol. The maximum absolute atomic E-state index is 5.32. The highest BCUT2D eigenvalue weighted by Gasteiger charge is 2.11. The fourth-order valence-electron chi connectivity index (χ4n) is 2.40. The zero-order valence-corrected chi connectivity index (χ0v) is 10.4. The molecule has 0 saturated heterocycles. The molecule has 92 valence electrons. The molecule has 1 aliphatic carbocycles. The number of allylic oxidation sites excluding steroid dienone is 4. The van der Waals surface area contributed by atoms with Gasteiger partial charge in [-0.1, -0.05) is 36.4 Å². The van der Waals surface area contributed by atoms with Crippen molar-refractivity contribution in [3.8, 4) is 0 Å². The Morgan fingerprint density at radius 1 is 1.22 bits per heavy atom. The lowest BCUT2D eigenvalue weighted by Crippen LogP contribution is -2.05. The van der Waals surface area contributed by atoms with Crippen LogP contribution >= 0.6 is 0 Å².